The molecule has 36 heavy (non-hydrogen) atoms. The fraction of sp³-hybridized carbons (Fsp3) is 0.400. The third-order valence-electron chi connectivity index (χ3n) is 5.68. The Morgan fingerprint density at radius 3 is 2.58 bits per heavy atom. The topological polar surface area (TPSA) is 97.8 Å². The van der Waals surface area contributed by atoms with Crippen molar-refractivity contribution in [1.82, 2.24) is 19.5 Å². The lowest BCUT2D eigenvalue weighted by molar-refractivity contribution is -0.137. The number of pyridine rings is 1. The van der Waals surface area contributed by atoms with Gasteiger partial charge in [0.2, 0.25) is 0 Å². The van der Waals surface area contributed by atoms with E-state index < -0.39 is 23.4 Å². The molecule has 0 unspecified atom stereocenters. The summed E-state index contributed by atoms with van der Waals surface area (Å²) in [4.78, 5) is 18.6. The molecule has 11 heteroatoms. The summed E-state index contributed by atoms with van der Waals surface area (Å²) < 4.78 is 46.8. The van der Waals surface area contributed by atoms with E-state index in [9.17, 15) is 18.0 Å². The summed E-state index contributed by atoms with van der Waals surface area (Å²) in [6, 6.07) is 8.41. The van der Waals surface area contributed by atoms with Gasteiger partial charge in [0.25, 0.3) is 0 Å². The van der Waals surface area contributed by atoms with Gasteiger partial charge in [0.15, 0.2) is 11.5 Å². The summed E-state index contributed by atoms with van der Waals surface area (Å²) >= 11 is 0. The van der Waals surface area contributed by atoms with Crippen LogP contribution in [-0.2, 0) is 10.9 Å². The number of hydrogen-bond donors (Lipinski definition) is 2. The van der Waals surface area contributed by atoms with Crippen LogP contribution in [0.4, 0.5) is 29.5 Å². The number of nitrogens with one attached hydrogen (secondary N) is 1. The van der Waals surface area contributed by atoms with E-state index in [-0.39, 0.29) is 11.8 Å². The fourth-order valence-corrected chi connectivity index (χ4v) is 3.91. The maximum atomic E-state index is 13.2. The smallest absolute Gasteiger partial charge is 0.416 e. The van der Waals surface area contributed by atoms with Gasteiger partial charge in [-0.1, -0.05) is 12.1 Å². The number of alkyl halides is 3. The van der Waals surface area contributed by atoms with Gasteiger partial charge in [0.1, 0.15) is 11.4 Å². The van der Waals surface area contributed by atoms with Gasteiger partial charge < -0.3 is 20.7 Å². The first-order valence-corrected chi connectivity index (χ1v) is 11.6. The Kier molecular flexibility index (Phi) is 6.59. The molecule has 2 aromatic heterocycles. The number of ether oxygens (including phenoxy) is 1. The van der Waals surface area contributed by atoms with E-state index in [1.165, 1.54) is 6.07 Å². The minimum Gasteiger partial charge on any atom is -0.444 e. The van der Waals surface area contributed by atoms with Crippen LogP contribution in [0.1, 0.15) is 57.1 Å². The maximum Gasteiger partial charge on any atom is 0.416 e. The van der Waals surface area contributed by atoms with Gasteiger partial charge >= 0.3 is 12.3 Å². The number of aromatic nitrogens is 3. The second-order valence-electron chi connectivity index (χ2n) is 9.77. The molecule has 1 aromatic carbocycles. The second kappa shape index (κ2) is 9.36. The van der Waals surface area contributed by atoms with E-state index in [0.717, 1.165) is 17.7 Å². The molecular weight excluding hydrogens is 473 g/mol. The van der Waals surface area contributed by atoms with Crippen LogP contribution in [0.3, 0.4) is 0 Å². The van der Waals surface area contributed by atoms with Crippen molar-refractivity contribution in [2.75, 3.05) is 24.1 Å². The normalized spacial score (nSPS) is 15.5. The third kappa shape index (κ3) is 5.72. The number of halogens is 3. The van der Waals surface area contributed by atoms with Gasteiger partial charge in [-0.25, -0.2) is 9.78 Å². The summed E-state index contributed by atoms with van der Waals surface area (Å²) in [5, 5.41) is 7.84. The zero-order chi connectivity index (χ0) is 26.3. The van der Waals surface area contributed by atoms with Crippen molar-refractivity contribution in [2.45, 2.75) is 51.9 Å². The highest BCUT2D eigenvalue weighted by Gasteiger charge is 2.31. The van der Waals surface area contributed by atoms with Crippen LogP contribution in [0.2, 0.25) is 0 Å². The highest BCUT2D eigenvalue weighted by atomic mass is 19.4. The molecule has 1 aliphatic heterocycles. The van der Waals surface area contributed by atoms with Gasteiger partial charge in [-0.3, -0.25) is 0 Å². The quantitative estimate of drug-likeness (QED) is 0.456. The van der Waals surface area contributed by atoms with Crippen molar-refractivity contribution in [3.63, 3.8) is 0 Å². The van der Waals surface area contributed by atoms with Crippen molar-refractivity contribution in [2.24, 2.45) is 0 Å². The van der Waals surface area contributed by atoms with Crippen LogP contribution in [0, 0.1) is 0 Å². The lowest BCUT2D eigenvalue weighted by atomic mass is 10.0. The molecule has 1 aliphatic rings. The minimum atomic E-state index is -4.49. The number of hydrogen-bond acceptors (Lipinski definition) is 6. The van der Waals surface area contributed by atoms with Crippen molar-refractivity contribution < 1.29 is 22.7 Å². The Balaban J connectivity index is 1.54. The molecule has 0 saturated heterocycles. The molecule has 0 aliphatic carbocycles. The van der Waals surface area contributed by atoms with Gasteiger partial charge in [-0.2, -0.15) is 17.7 Å². The van der Waals surface area contributed by atoms with Crippen molar-refractivity contribution in [1.29, 1.82) is 0 Å². The van der Waals surface area contributed by atoms with Crippen molar-refractivity contribution in [3.05, 3.63) is 59.4 Å². The largest absolute Gasteiger partial charge is 0.444 e. The Bertz CT molecular complexity index is 1310. The first-order valence-electron chi connectivity index (χ1n) is 11.6. The average Bonchev–Trinajstić information content (AvgIpc) is 3.22. The number of nitrogens with two attached hydrogens (primary N) is 1. The number of nitrogen functional groups attached to an aromatic ring is 1. The zero-order valence-corrected chi connectivity index (χ0v) is 20.6. The highest BCUT2D eigenvalue weighted by Crippen LogP contribution is 2.33. The lowest BCUT2D eigenvalue weighted by Crippen LogP contribution is -2.39. The molecule has 0 radical (unpaired) electrons. The summed E-state index contributed by atoms with van der Waals surface area (Å²) in [6.45, 7) is 8.09. The van der Waals surface area contributed by atoms with E-state index in [2.05, 4.69) is 15.4 Å². The summed E-state index contributed by atoms with van der Waals surface area (Å²) in [5.74, 6) is 1.10. The molecule has 0 bridgehead atoms. The molecule has 3 N–H and O–H groups in total. The molecule has 4 rings (SSSR count). The number of anilines is 2. The van der Waals surface area contributed by atoms with E-state index in [1.807, 2.05) is 26.8 Å². The maximum absolute atomic E-state index is 13.2. The van der Waals surface area contributed by atoms with Crippen molar-refractivity contribution >= 4 is 28.8 Å². The van der Waals surface area contributed by atoms with Gasteiger partial charge in [0.05, 0.1) is 11.6 Å². The minimum absolute atomic E-state index is 0.0411. The molecule has 3 heterocycles. The van der Waals surface area contributed by atoms with Crippen LogP contribution < -0.4 is 11.1 Å². The Morgan fingerprint density at radius 2 is 1.94 bits per heavy atom. The van der Waals surface area contributed by atoms with Gasteiger partial charge in [-0.05, 0) is 75.6 Å². The molecular formula is C25H29F3N6O2. The molecule has 1 atom stereocenters. The second-order valence-corrected chi connectivity index (χ2v) is 9.77. The molecule has 0 saturated carbocycles. The Labute approximate surface area is 206 Å². The van der Waals surface area contributed by atoms with Crippen molar-refractivity contribution in [3.8, 4) is 0 Å². The number of fused-ring (bicyclic) bond motifs is 1. The van der Waals surface area contributed by atoms with Gasteiger partial charge in [-0.15, -0.1) is 5.10 Å². The predicted octanol–water partition coefficient (Wildman–Crippen LogP) is 5.53. The fourth-order valence-electron chi connectivity index (χ4n) is 3.91. The number of rotatable bonds is 4. The predicted molar refractivity (Wildman–Crippen MR) is 131 cm³/mol. The molecule has 8 nitrogen and oxygen atoms in total. The molecule has 0 fully saturated rings. The van der Waals surface area contributed by atoms with E-state index in [4.69, 9.17) is 10.5 Å². The number of nitrogens with zero attached hydrogens (tertiary/aromatic N) is 4. The number of amides is 1. The number of carbonyl (C=O) groups is 1. The molecule has 0 spiro atoms. The summed E-state index contributed by atoms with van der Waals surface area (Å²) in [7, 11) is 0. The van der Waals surface area contributed by atoms with Crippen LogP contribution in [-0.4, -0.2) is 44.3 Å². The molecule has 192 valence electrons. The molecule has 3 aromatic rings. The lowest BCUT2D eigenvalue weighted by Gasteiger charge is -2.29. The average molecular weight is 503 g/mol. The van der Waals surface area contributed by atoms with E-state index in [1.54, 1.807) is 34.5 Å². The SMILES string of the molecule is C[C@@H](Nc1cccc2nc(C3=CCN(C(=O)OC(C)(C)C)CC3)nn12)c1cc(N)cc(C(F)(F)F)c1. The summed E-state index contributed by atoms with van der Waals surface area (Å²) in [6.07, 6.45) is -2.38. The first-order chi connectivity index (χ1) is 16.8. The van der Waals surface area contributed by atoms with Gasteiger partial charge in [0, 0.05) is 18.8 Å². The highest BCUT2D eigenvalue weighted by molar-refractivity contribution is 5.71. The Morgan fingerprint density at radius 1 is 1.19 bits per heavy atom. The number of benzene rings is 1. The Hall–Kier alpha value is -3.76. The van der Waals surface area contributed by atoms with Crippen LogP contribution >= 0.6 is 0 Å². The standard InChI is InChI=1S/C25H29F3N6O2/c1-15(17-12-18(25(26,27)28)14-19(29)13-17)30-20-6-5-7-21-31-22(32-34(20)21)16-8-10-33(11-9-16)23(35)36-24(2,3)4/h5-8,12-15,30H,9-11,29H2,1-4H3/t15-/m1/s1. The zero-order valence-electron chi connectivity index (χ0n) is 20.6. The van der Waals surface area contributed by atoms with E-state index in [0.29, 0.717) is 42.4 Å². The first kappa shape index (κ1) is 25.3. The number of carbonyl (C=O) groups excluding carboxylic acids is 1. The molecule has 1 amide bonds. The van der Waals surface area contributed by atoms with E-state index >= 15 is 0 Å². The van der Waals surface area contributed by atoms with Crippen LogP contribution in [0.15, 0.2) is 42.5 Å². The van der Waals surface area contributed by atoms with Crippen LogP contribution in [0.25, 0.3) is 11.2 Å². The van der Waals surface area contributed by atoms with Crippen LogP contribution in [0.5, 0.6) is 0 Å². The monoisotopic (exact) mass is 502 g/mol. The third-order valence-corrected chi connectivity index (χ3v) is 5.68. The summed E-state index contributed by atoms with van der Waals surface area (Å²) in [5.41, 5.74) is 6.30.